The Labute approximate surface area is 101 Å². The number of aromatic nitrogens is 3. The van der Waals surface area contributed by atoms with Crippen molar-refractivity contribution in [3.05, 3.63) is 0 Å². The van der Waals surface area contributed by atoms with Crippen LogP contribution in [0.3, 0.4) is 0 Å². The third-order valence-corrected chi connectivity index (χ3v) is 1.92. The highest BCUT2D eigenvalue weighted by atomic mass is 16.5. The van der Waals surface area contributed by atoms with Crippen molar-refractivity contribution >= 4 is 11.9 Å². The van der Waals surface area contributed by atoms with Crippen molar-refractivity contribution in [2.75, 3.05) is 24.7 Å². The first-order valence-electron chi connectivity index (χ1n) is 5.46. The molecule has 3 N–H and O–H groups in total. The van der Waals surface area contributed by atoms with E-state index in [0.717, 1.165) is 0 Å². The number of anilines is 2. The summed E-state index contributed by atoms with van der Waals surface area (Å²) in [5.41, 5.74) is 5.56. The van der Waals surface area contributed by atoms with E-state index < -0.39 is 0 Å². The maximum Gasteiger partial charge on any atom is 0.323 e. The Kier molecular flexibility index (Phi) is 4.89. The zero-order valence-corrected chi connectivity index (χ0v) is 10.6. The number of rotatable bonds is 6. The van der Waals surface area contributed by atoms with Gasteiger partial charge in [-0.3, -0.25) is 0 Å². The van der Waals surface area contributed by atoms with Crippen LogP contribution in [-0.2, 0) is 4.74 Å². The molecule has 1 aromatic heterocycles. The molecule has 0 aliphatic heterocycles. The van der Waals surface area contributed by atoms with Crippen LogP contribution in [0.25, 0.3) is 0 Å². The summed E-state index contributed by atoms with van der Waals surface area (Å²) in [7, 11) is 1.64. The number of nitrogens with one attached hydrogen (secondary N) is 1. The van der Waals surface area contributed by atoms with Crippen LogP contribution >= 0.6 is 0 Å². The molecule has 0 saturated heterocycles. The number of hydrogen-bond donors (Lipinski definition) is 2. The summed E-state index contributed by atoms with van der Waals surface area (Å²) in [6.45, 7) is 6.30. The third kappa shape index (κ3) is 4.81. The van der Waals surface area contributed by atoms with E-state index in [4.69, 9.17) is 15.2 Å². The van der Waals surface area contributed by atoms with Crippen molar-refractivity contribution in [2.24, 2.45) is 0 Å². The van der Waals surface area contributed by atoms with E-state index in [1.165, 1.54) is 0 Å². The summed E-state index contributed by atoms with van der Waals surface area (Å²) in [5.74, 6) is 0.514. The molecule has 96 valence electrons. The molecule has 0 amide bonds. The van der Waals surface area contributed by atoms with Gasteiger partial charge in [-0.15, -0.1) is 0 Å². The monoisotopic (exact) mass is 241 g/mol. The molecule has 0 saturated carbocycles. The third-order valence-electron chi connectivity index (χ3n) is 1.92. The zero-order valence-electron chi connectivity index (χ0n) is 10.6. The number of nitrogen functional groups attached to an aromatic ring is 1. The first-order valence-corrected chi connectivity index (χ1v) is 5.46. The minimum Gasteiger partial charge on any atom is -0.461 e. The molecule has 1 unspecified atom stereocenters. The summed E-state index contributed by atoms with van der Waals surface area (Å²) in [6.07, 6.45) is 0.0463. The summed E-state index contributed by atoms with van der Waals surface area (Å²) >= 11 is 0. The van der Waals surface area contributed by atoms with Crippen LogP contribution in [0, 0.1) is 0 Å². The van der Waals surface area contributed by atoms with E-state index in [2.05, 4.69) is 20.3 Å². The topological polar surface area (TPSA) is 95.2 Å². The van der Waals surface area contributed by atoms with Gasteiger partial charge in [-0.05, 0) is 20.8 Å². The first kappa shape index (κ1) is 13.4. The van der Waals surface area contributed by atoms with Crippen LogP contribution < -0.4 is 15.8 Å². The van der Waals surface area contributed by atoms with Crippen LogP contribution in [0.2, 0.25) is 0 Å². The average Bonchev–Trinajstić information content (AvgIpc) is 2.24. The van der Waals surface area contributed by atoms with Crippen LogP contribution in [0.15, 0.2) is 0 Å². The van der Waals surface area contributed by atoms with Crippen LogP contribution in [0.4, 0.5) is 11.9 Å². The number of nitrogens with zero attached hydrogens (tertiary/aromatic N) is 3. The summed E-state index contributed by atoms with van der Waals surface area (Å²) in [5, 5.41) is 3.00. The van der Waals surface area contributed by atoms with Crippen LogP contribution in [-0.4, -0.2) is 40.8 Å². The first-order chi connectivity index (χ1) is 8.01. The molecule has 0 bridgehead atoms. The second-order valence-corrected chi connectivity index (χ2v) is 3.89. The fourth-order valence-electron chi connectivity index (χ4n) is 1.03. The van der Waals surface area contributed by atoms with Crippen LogP contribution in [0.1, 0.15) is 20.8 Å². The number of nitrogens with two attached hydrogens (primary N) is 1. The van der Waals surface area contributed by atoms with Gasteiger partial charge in [0.1, 0.15) is 0 Å². The number of ether oxygens (including phenoxy) is 2. The summed E-state index contributed by atoms with van der Waals surface area (Å²) < 4.78 is 10.5. The minimum atomic E-state index is -0.0115. The van der Waals surface area contributed by atoms with E-state index in [1.54, 1.807) is 7.11 Å². The lowest BCUT2D eigenvalue weighted by Crippen LogP contribution is -2.20. The van der Waals surface area contributed by atoms with Crippen LogP contribution in [0.5, 0.6) is 6.01 Å². The van der Waals surface area contributed by atoms with Gasteiger partial charge in [-0.1, -0.05) is 0 Å². The molecule has 7 heteroatoms. The predicted molar refractivity (Wildman–Crippen MR) is 65.0 cm³/mol. The second-order valence-electron chi connectivity index (χ2n) is 3.89. The van der Waals surface area contributed by atoms with E-state index >= 15 is 0 Å². The van der Waals surface area contributed by atoms with Gasteiger partial charge >= 0.3 is 6.01 Å². The molecule has 0 radical (unpaired) electrons. The Morgan fingerprint density at radius 1 is 1.24 bits per heavy atom. The van der Waals surface area contributed by atoms with Gasteiger partial charge in [0.15, 0.2) is 0 Å². The molecule has 1 heterocycles. The van der Waals surface area contributed by atoms with Gasteiger partial charge in [0.2, 0.25) is 11.9 Å². The average molecular weight is 241 g/mol. The fraction of sp³-hybridized carbons (Fsp3) is 0.700. The van der Waals surface area contributed by atoms with E-state index in [0.29, 0.717) is 12.5 Å². The fourth-order valence-corrected chi connectivity index (χ4v) is 1.03. The number of methoxy groups -OCH3 is 1. The summed E-state index contributed by atoms with van der Waals surface area (Å²) in [6, 6.07) is 0.222. The van der Waals surface area contributed by atoms with Crippen molar-refractivity contribution in [1.82, 2.24) is 15.0 Å². The molecular formula is C10H19N5O2. The van der Waals surface area contributed by atoms with Gasteiger partial charge in [0.25, 0.3) is 0 Å². The van der Waals surface area contributed by atoms with Crippen molar-refractivity contribution in [3.8, 4) is 6.01 Å². The van der Waals surface area contributed by atoms with Crippen molar-refractivity contribution in [1.29, 1.82) is 0 Å². The Balaban J connectivity index is 2.68. The van der Waals surface area contributed by atoms with Gasteiger partial charge in [0.05, 0.1) is 12.2 Å². The smallest absolute Gasteiger partial charge is 0.323 e. The lowest BCUT2D eigenvalue weighted by molar-refractivity contribution is 0.128. The van der Waals surface area contributed by atoms with Crippen molar-refractivity contribution in [2.45, 2.75) is 33.0 Å². The Morgan fingerprint density at radius 2 is 1.94 bits per heavy atom. The highest BCUT2D eigenvalue weighted by Crippen LogP contribution is 2.10. The quantitative estimate of drug-likeness (QED) is 0.756. The predicted octanol–water partition coefficient (Wildman–Crippen LogP) is 0.688. The SMILES string of the molecule is COC(C)CNc1nc(N)nc(OC(C)C)n1. The van der Waals surface area contributed by atoms with E-state index in [1.807, 2.05) is 20.8 Å². The molecule has 17 heavy (non-hydrogen) atoms. The van der Waals surface area contributed by atoms with Gasteiger partial charge in [-0.2, -0.15) is 15.0 Å². The Hall–Kier alpha value is -1.63. The molecule has 0 aliphatic rings. The molecule has 1 atom stereocenters. The highest BCUT2D eigenvalue weighted by Gasteiger charge is 2.08. The minimum absolute atomic E-state index is 0.0115. The normalized spacial score (nSPS) is 12.5. The largest absolute Gasteiger partial charge is 0.461 e. The van der Waals surface area contributed by atoms with Crippen molar-refractivity contribution < 1.29 is 9.47 Å². The Morgan fingerprint density at radius 3 is 2.53 bits per heavy atom. The van der Waals surface area contributed by atoms with Gasteiger partial charge in [-0.25, -0.2) is 0 Å². The maximum absolute atomic E-state index is 5.56. The summed E-state index contributed by atoms with van der Waals surface area (Å²) in [4.78, 5) is 11.9. The molecule has 0 fully saturated rings. The molecule has 0 aromatic carbocycles. The lowest BCUT2D eigenvalue weighted by Gasteiger charge is -2.12. The molecular weight excluding hydrogens is 222 g/mol. The standard InChI is InChI=1S/C10H19N5O2/c1-6(2)17-10-14-8(11)13-9(15-10)12-5-7(3)16-4/h6-7H,5H2,1-4H3,(H3,11,12,13,14,15). The molecule has 1 aromatic rings. The van der Waals surface area contributed by atoms with E-state index in [-0.39, 0.29) is 24.2 Å². The van der Waals surface area contributed by atoms with Crippen molar-refractivity contribution in [3.63, 3.8) is 0 Å². The van der Waals surface area contributed by atoms with Gasteiger partial charge in [0, 0.05) is 13.7 Å². The molecule has 1 rings (SSSR count). The highest BCUT2D eigenvalue weighted by molar-refractivity contribution is 5.32. The second kappa shape index (κ2) is 6.19. The maximum atomic E-state index is 5.56. The van der Waals surface area contributed by atoms with Gasteiger partial charge < -0.3 is 20.5 Å². The number of hydrogen-bond acceptors (Lipinski definition) is 7. The molecule has 7 nitrogen and oxygen atoms in total. The lowest BCUT2D eigenvalue weighted by atomic mass is 10.4. The zero-order chi connectivity index (χ0) is 12.8. The Bertz CT molecular complexity index is 359. The van der Waals surface area contributed by atoms with E-state index in [9.17, 15) is 0 Å². The molecule has 0 aliphatic carbocycles. The molecule has 0 spiro atoms.